The summed E-state index contributed by atoms with van der Waals surface area (Å²) < 4.78 is 10.4. The molecule has 27 heavy (non-hydrogen) atoms. The van der Waals surface area contributed by atoms with Crippen LogP contribution in [0.15, 0.2) is 23.2 Å². The second kappa shape index (κ2) is 11.9. The van der Waals surface area contributed by atoms with Crippen LogP contribution in [0.25, 0.3) is 0 Å². The first-order valence-corrected chi connectivity index (χ1v) is 9.09. The van der Waals surface area contributed by atoms with Gasteiger partial charge in [-0.15, -0.1) is 24.0 Å². The van der Waals surface area contributed by atoms with Gasteiger partial charge in [0.05, 0.1) is 13.7 Å². The number of piperazine rings is 1. The Morgan fingerprint density at radius 2 is 1.89 bits per heavy atom. The first kappa shape index (κ1) is 23.3. The highest BCUT2D eigenvalue weighted by molar-refractivity contribution is 14.0. The molecule has 0 unspecified atom stereocenters. The lowest BCUT2D eigenvalue weighted by Gasteiger charge is -2.35. The molecule has 0 bridgehead atoms. The predicted octanol–water partition coefficient (Wildman–Crippen LogP) is 2.51. The van der Waals surface area contributed by atoms with Gasteiger partial charge in [0.25, 0.3) is 0 Å². The van der Waals surface area contributed by atoms with Gasteiger partial charge in [0.2, 0.25) is 0 Å². The van der Waals surface area contributed by atoms with Crippen molar-refractivity contribution < 1.29 is 14.3 Å². The molecule has 1 amide bonds. The summed E-state index contributed by atoms with van der Waals surface area (Å²) in [5.41, 5.74) is 2.36. The fourth-order valence-electron chi connectivity index (χ4n) is 2.99. The van der Waals surface area contributed by atoms with Gasteiger partial charge < -0.3 is 24.6 Å². The minimum atomic E-state index is -0.233. The van der Waals surface area contributed by atoms with Gasteiger partial charge in [-0.1, -0.05) is 12.1 Å². The number of methoxy groups -OCH3 is 1. The summed E-state index contributed by atoms with van der Waals surface area (Å²) >= 11 is 0. The number of carbonyl (C=O) groups is 1. The van der Waals surface area contributed by atoms with Crippen molar-refractivity contribution in [2.45, 2.75) is 20.3 Å². The van der Waals surface area contributed by atoms with Gasteiger partial charge in [0, 0.05) is 39.8 Å². The third-order valence-electron chi connectivity index (χ3n) is 4.49. The van der Waals surface area contributed by atoms with E-state index >= 15 is 0 Å². The summed E-state index contributed by atoms with van der Waals surface area (Å²) in [6.07, 6.45) is 0.654. The zero-order chi connectivity index (χ0) is 18.9. The zero-order valence-electron chi connectivity index (χ0n) is 16.7. The average molecular weight is 490 g/mol. The summed E-state index contributed by atoms with van der Waals surface area (Å²) in [5, 5.41) is 3.41. The Morgan fingerprint density at radius 1 is 1.22 bits per heavy atom. The Labute approximate surface area is 179 Å². The van der Waals surface area contributed by atoms with Gasteiger partial charge >= 0.3 is 6.09 Å². The van der Waals surface area contributed by atoms with Crippen LogP contribution < -0.4 is 10.1 Å². The second-order valence-electron chi connectivity index (χ2n) is 6.20. The Morgan fingerprint density at radius 3 is 2.48 bits per heavy atom. The topological polar surface area (TPSA) is 66.4 Å². The number of hydrogen-bond donors (Lipinski definition) is 1. The Kier molecular flexibility index (Phi) is 10.3. The molecule has 152 valence electrons. The molecular weight excluding hydrogens is 459 g/mol. The normalized spacial score (nSPS) is 14.4. The van der Waals surface area contributed by atoms with E-state index in [0.29, 0.717) is 19.7 Å². The van der Waals surface area contributed by atoms with Crippen molar-refractivity contribution in [2.24, 2.45) is 4.99 Å². The molecule has 0 atom stereocenters. The van der Waals surface area contributed by atoms with E-state index in [0.717, 1.165) is 43.3 Å². The van der Waals surface area contributed by atoms with Crippen LogP contribution in [0, 0.1) is 6.92 Å². The second-order valence-corrected chi connectivity index (χ2v) is 6.20. The molecule has 1 aromatic rings. The number of rotatable bonds is 5. The van der Waals surface area contributed by atoms with Gasteiger partial charge in [0.15, 0.2) is 5.96 Å². The molecule has 1 N–H and O–H groups in total. The maximum absolute atomic E-state index is 11.8. The number of amides is 1. The van der Waals surface area contributed by atoms with E-state index in [-0.39, 0.29) is 30.1 Å². The highest BCUT2D eigenvalue weighted by Crippen LogP contribution is 2.19. The third kappa shape index (κ3) is 6.75. The number of nitrogens with one attached hydrogen (secondary N) is 1. The molecular formula is C19H31IN4O3. The highest BCUT2D eigenvalue weighted by atomic mass is 127. The van der Waals surface area contributed by atoms with E-state index < -0.39 is 0 Å². The summed E-state index contributed by atoms with van der Waals surface area (Å²) in [5.74, 6) is 1.79. The van der Waals surface area contributed by atoms with Crippen LogP contribution in [0.2, 0.25) is 0 Å². The summed E-state index contributed by atoms with van der Waals surface area (Å²) in [7, 11) is 3.48. The molecule has 1 saturated heterocycles. The molecule has 1 fully saturated rings. The maximum atomic E-state index is 11.8. The van der Waals surface area contributed by atoms with E-state index in [9.17, 15) is 4.79 Å². The molecule has 1 aliphatic rings. The summed E-state index contributed by atoms with van der Waals surface area (Å²) in [6, 6.07) is 6.29. The van der Waals surface area contributed by atoms with Crippen LogP contribution in [0.4, 0.5) is 4.79 Å². The van der Waals surface area contributed by atoms with Crippen LogP contribution in [0.1, 0.15) is 18.1 Å². The monoisotopic (exact) mass is 490 g/mol. The molecule has 0 spiro atoms. The minimum absolute atomic E-state index is 0. The standard InChI is InChI=1S/C19H30N4O3.HI/c1-5-26-19(24)23-12-10-22(11-13-23)18(20-3)21-9-8-16-7-6-15(2)17(14-16)25-4;/h6-7,14H,5,8-13H2,1-4H3,(H,20,21);1H. The Hall–Kier alpha value is -1.71. The van der Waals surface area contributed by atoms with Crippen LogP contribution in [0.5, 0.6) is 5.75 Å². The zero-order valence-corrected chi connectivity index (χ0v) is 19.0. The molecule has 0 aliphatic carbocycles. The first-order valence-electron chi connectivity index (χ1n) is 9.09. The number of aryl methyl sites for hydroxylation is 1. The minimum Gasteiger partial charge on any atom is -0.496 e. The predicted molar refractivity (Wildman–Crippen MR) is 118 cm³/mol. The van der Waals surface area contributed by atoms with Crippen molar-refractivity contribution in [3.05, 3.63) is 29.3 Å². The van der Waals surface area contributed by atoms with Crippen molar-refractivity contribution in [1.82, 2.24) is 15.1 Å². The average Bonchev–Trinajstić information content (AvgIpc) is 2.67. The van der Waals surface area contributed by atoms with Crippen molar-refractivity contribution in [2.75, 3.05) is 53.5 Å². The fourth-order valence-corrected chi connectivity index (χ4v) is 2.99. The van der Waals surface area contributed by atoms with Crippen molar-refractivity contribution in [3.8, 4) is 5.75 Å². The van der Waals surface area contributed by atoms with Crippen molar-refractivity contribution >= 4 is 36.0 Å². The van der Waals surface area contributed by atoms with E-state index in [1.54, 1.807) is 19.1 Å². The number of carbonyl (C=O) groups excluding carboxylic acids is 1. The van der Waals surface area contributed by atoms with E-state index in [4.69, 9.17) is 9.47 Å². The van der Waals surface area contributed by atoms with E-state index in [1.807, 2.05) is 13.8 Å². The fraction of sp³-hybridized carbons (Fsp3) is 0.579. The Bertz CT molecular complexity index is 631. The summed E-state index contributed by atoms with van der Waals surface area (Å²) in [4.78, 5) is 20.1. The van der Waals surface area contributed by atoms with Gasteiger partial charge in [0.1, 0.15) is 5.75 Å². The molecule has 2 rings (SSSR count). The van der Waals surface area contributed by atoms with Crippen molar-refractivity contribution in [3.63, 3.8) is 0 Å². The molecule has 1 aliphatic heterocycles. The number of ether oxygens (including phenoxy) is 2. The molecule has 0 saturated carbocycles. The molecule has 1 aromatic carbocycles. The lowest BCUT2D eigenvalue weighted by atomic mass is 10.1. The number of guanidine groups is 1. The van der Waals surface area contributed by atoms with Crippen LogP contribution in [0.3, 0.4) is 0 Å². The van der Waals surface area contributed by atoms with Gasteiger partial charge in [-0.2, -0.15) is 0 Å². The summed E-state index contributed by atoms with van der Waals surface area (Å²) in [6.45, 7) is 7.85. The SMILES string of the molecule is CCOC(=O)N1CCN(C(=NC)NCCc2ccc(C)c(OC)c2)CC1.I. The number of benzene rings is 1. The Balaban J connectivity index is 0.00000364. The molecule has 0 aromatic heterocycles. The van der Waals surface area contributed by atoms with E-state index in [1.165, 1.54) is 5.56 Å². The van der Waals surface area contributed by atoms with E-state index in [2.05, 4.69) is 33.4 Å². The molecule has 1 heterocycles. The largest absolute Gasteiger partial charge is 0.496 e. The smallest absolute Gasteiger partial charge is 0.409 e. The van der Waals surface area contributed by atoms with Crippen LogP contribution in [-0.4, -0.2) is 75.3 Å². The number of hydrogen-bond acceptors (Lipinski definition) is 4. The van der Waals surface area contributed by atoms with Crippen LogP contribution >= 0.6 is 24.0 Å². The number of nitrogens with zero attached hydrogens (tertiary/aromatic N) is 3. The third-order valence-corrected chi connectivity index (χ3v) is 4.49. The lowest BCUT2D eigenvalue weighted by Crippen LogP contribution is -2.54. The first-order chi connectivity index (χ1) is 12.6. The quantitative estimate of drug-likeness (QED) is 0.391. The molecule has 0 radical (unpaired) electrons. The lowest BCUT2D eigenvalue weighted by molar-refractivity contribution is 0.0915. The number of halogens is 1. The highest BCUT2D eigenvalue weighted by Gasteiger charge is 2.23. The number of aliphatic imine (C=N–C) groups is 1. The van der Waals surface area contributed by atoms with Gasteiger partial charge in [-0.3, -0.25) is 4.99 Å². The van der Waals surface area contributed by atoms with Crippen LogP contribution in [-0.2, 0) is 11.2 Å². The molecule has 7 nitrogen and oxygen atoms in total. The molecule has 8 heteroatoms. The van der Waals surface area contributed by atoms with Gasteiger partial charge in [-0.25, -0.2) is 4.79 Å². The maximum Gasteiger partial charge on any atom is 0.409 e. The van der Waals surface area contributed by atoms with Gasteiger partial charge in [-0.05, 0) is 37.5 Å². The van der Waals surface area contributed by atoms with Crippen molar-refractivity contribution in [1.29, 1.82) is 0 Å².